The lowest BCUT2D eigenvalue weighted by molar-refractivity contribution is -0.0498. The van der Waals surface area contributed by atoms with E-state index in [0.717, 1.165) is 12.1 Å². The normalized spacial score (nSPS) is 10.5. The summed E-state index contributed by atoms with van der Waals surface area (Å²) >= 11 is 10.9. The molecule has 0 aromatic heterocycles. The highest BCUT2D eigenvalue weighted by Crippen LogP contribution is 2.35. The second kappa shape index (κ2) is 3.98. The molecule has 0 saturated heterocycles. The SMILES string of the molecule is Oc1cc(Cl)c(OC(F)F)cc1Cl. The maximum absolute atomic E-state index is 11.7. The summed E-state index contributed by atoms with van der Waals surface area (Å²) in [5.74, 6) is -0.548. The van der Waals surface area contributed by atoms with Gasteiger partial charge in [-0.2, -0.15) is 8.78 Å². The molecule has 0 saturated carbocycles. The lowest BCUT2D eigenvalue weighted by Gasteiger charge is -2.07. The van der Waals surface area contributed by atoms with E-state index >= 15 is 0 Å². The summed E-state index contributed by atoms with van der Waals surface area (Å²) in [6, 6.07) is 2.05. The van der Waals surface area contributed by atoms with E-state index in [9.17, 15) is 8.78 Å². The summed E-state index contributed by atoms with van der Waals surface area (Å²) in [5, 5.41) is 8.78. The molecule has 0 heterocycles. The standard InChI is InChI=1S/C7H4Cl2F2O2/c8-3-2-6(13-7(10)11)4(9)1-5(3)12/h1-2,7,12H. The van der Waals surface area contributed by atoms with Crippen LogP contribution in [-0.2, 0) is 0 Å². The van der Waals surface area contributed by atoms with Crippen molar-refractivity contribution in [3.63, 3.8) is 0 Å². The minimum Gasteiger partial charge on any atom is -0.506 e. The van der Waals surface area contributed by atoms with Gasteiger partial charge in [0, 0.05) is 12.1 Å². The third-order valence-corrected chi connectivity index (χ3v) is 1.82. The smallest absolute Gasteiger partial charge is 0.387 e. The summed E-state index contributed by atoms with van der Waals surface area (Å²) in [6.45, 7) is -2.97. The zero-order chi connectivity index (χ0) is 10.0. The minimum absolute atomic E-state index is 0.0972. The first-order valence-corrected chi connectivity index (χ1v) is 3.89. The van der Waals surface area contributed by atoms with Crippen molar-refractivity contribution >= 4 is 23.2 Å². The average molecular weight is 229 g/mol. The molecule has 0 aliphatic carbocycles. The summed E-state index contributed by atoms with van der Waals surface area (Å²) in [7, 11) is 0. The molecule has 0 unspecified atom stereocenters. The minimum atomic E-state index is -2.97. The van der Waals surface area contributed by atoms with Crippen LogP contribution in [0.25, 0.3) is 0 Å². The van der Waals surface area contributed by atoms with E-state index in [4.69, 9.17) is 28.3 Å². The van der Waals surface area contributed by atoms with Gasteiger partial charge in [-0.25, -0.2) is 0 Å². The lowest BCUT2D eigenvalue weighted by atomic mass is 10.3. The number of phenols is 1. The fraction of sp³-hybridized carbons (Fsp3) is 0.143. The van der Waals surface area contributed by atoms with E-state index < -0.39 is 6.61 Å². The first kappa shape index (κ1) is 10.3. The number of alkyl halides is 2. The van der Waals surface area contributed by atoms with Crippen LogP contribution in [0, 0.1) is 0 Å². The maximum atomic E-state index is 11.7. The van der Waals surface area contributed by atoms with E-state index in [0.29, 0.717) is 0 Å². The van der Waals surface area contributed by atoms with Crippen molar-refractivity contribution in [3.05, 3.63) is 22.2 Å². The number of ether oxygens (including phenoxy) is 1. The van der Waals surface area contributed by atoms with Gasteiger partial charge in [-0.3, -0.25) is 0 Å². The van der Waals surface area contributed by atoms with Crippen molar-refractivity contribution in [3.8, 4) is 11.5 Å². The molecule has 6 heteroatoms. The second-order valence-electron chi connectivity index (χ2n) is 2.11. The molecule has 2 nitrogen and oxygen atoms in total. The number of rotatable bonds is 2. The van der Waals surface area contributed by atoms with Crippen LogP contribution in [0.1, 0.15) is 0 Å². The van der Waals surface area contributed by atoms with E-state index in [-0.39, 0.29) is 21.5 Å². The zero-order valence-corrected chi connectivity index (χ0v) is 7.61. The fourth-order valence-corrected chi connectivity index (χ4v) is 1.06. The van der Waals surface area contributed by atoms with Gasteiger partial charge in [0.2, 0.25) is 0 Å². The van der Waals surface area contributed by atoms with Gasteiger partial charge < -0.3 is 9.84 Å². The zero-order valence-electron chi connectivity index (χ0n) is 6.10. The molecule has 0 bridgehead atoms. The predicted octanol–water partition coefficient (Wildman–Crippen LogP) is 3.30. The van der Waals surface area contributed by atoms with Crippen molar-refractivity contribution in [2.24, 2.45) is 0 Å². The van der Waals surface area contributed by atoms with Gasteiger partial charge in [-0.15, -0.1) is 0 Å². The van der Waals surface area contributed by atoms with Gasteiger partial charge in [0.15, 0.2) is 0 Å². The summed E-state index contributed by atoms with van der Waals surface area (Å²) < 4.78 is 27.5. The molecule has 72 valence electrons. The Morgan fingerprint density at radius 2 is 1.85 bits per heavy atom. The van der Waals surface area contributed by atoms with Crippen LogP contribution in [0.15, 0.2) is 12.1 Å². The van der Waals surface area contributed by atoms with E-state index in [1.807, 2.05) is 0 Å². The molecule has 0 aliphatic heterocycles. The molecule has 1 N–H and O–H groups in total. The van der Waals surface area contributed by atoms with Crippen LogP contribution in [-0.4, -0.2) is 11.7 Å². The molecule has 1 aromatic carbocycles. The predicted molar refractivity (Wildman–Crippen MR) is 44.8 cm³/mol. The molecule has 0 radical (unpaired) electrons. The molecule has 0 atom stereocenters. The lowest BCUT2D eigenvalue weighted by Crippen LogP contribution is -2.02. The summed E-state index contributed by atoms with van der Waals surface area (Å²) in [4.78, 5) is 0. The van der Waals surface area contributed by atoms with E-state index in [2.05, 4.69) is 4.74 Å². The van der Waals surface area contributed by atoms with Gasteiger partial charge in [0.25, 0.3) is 0 Å². The molecular formula is C7H4Cl2F2O2. The number of benzene rings is 1. The van der Waals surface area contributed by atoms with Gasteiger partial charge >= 0.3 is 6.61 Å². The highest BCUT2D eigenvalue weighted by atomic mass is 35.5. The van der Waals surface area contributed by atoms with Crippen LogP contribution >= 0.6 is 23.2 Å². The Labute approximate surface area is 82.6 Å². The first-order chi connectivity index (χ1) is 6.00. The quantitative estimate of drug-likeness (QED) is 0.842. The molecule has 13 heavy (non-hydrogen) atoms. The van der Waals surface area contributed by atoms with Crippen molar-refractivity contribution in [1.29, 1.82) is 0 Å². The van der Waals surface area contributed by atoms with Crippen LogP contribution in [0.2, 0.25) is 10.0 Å². The average Bonchev–Trinajstić information content (AvgIpc) is 1.99. The highest BCUT2D eigenvalue weighted by Gasteiger charge is 2.11. The number of hydrogen-bond donors (Lipinski definition) is 1. The van der Waals surface area contributed by atoms with Crippen LogP contribution in [0.4, 0.5) is 8.78 Å². The maximum Gasteiger partial charge on any atom is 0.387 e. The fourth-order valence-electron chi connectivity index (χ4n) is 0.704. The molecular weight excluding hydrogens is 225 g/mol. The molecule has 0 aliphatic rings. The van der Waals surface area contributed by atoms with Crippen molar-refractivity contribution < 1.29 is 18.6 Å². The first-order valence-electron chi connectivity index (χ1n) is 3.13. The van der Waals surface area contributed by atoms with Crippen molar-refractivity contribution in [2.45, 2.75) is 6.61 Å². The Balaban J connectivity index is 3.01. The van der Waals surface area contributed by atoms with Gasteiger partial charge in [-0.1, -0.05) is 23.2 Å². The molecule has 1 aromatic rings. The Hall–Kier alpha value is -0.740. The topological polar surface area (TPSA) is 29.5 Å². The van der Waals surface area contributed by atoms with E-state index in [1.165, 1.54) is 0 Å². The van der Waals surface area contributed by atoms with E-state index in [1.54, 1.807) is 0 Å². The van der Waals surface area contributed by atoms with Crippen LogP contribution in [0.5, 0.6) is 11.5 Å². The Kier molecular flexibility index (Phi) is 3.17. The number of hydrogen-bond acceptors (Lipinski definition) is 2. The summed E-state index contributed by atoms with van der Waals surface area (Å²) in [6.07, 6.45) is 0. The van der Waals surface area contributed by atoms with Gasteiger partial charge in [0.05, 0.1) is 10.0 Å². The molecule has 0 spiro atoms. The largest absolute Gasteiger partial charge is 0.506 e. The van der Waals surface area contributed by atoms with Gasteiger partial charge in [0.1, 0.15) is 11.5 Å². The number of halogens is 4. The summed E-state index contributed by atoms with van der Waals surface area (Å²) in [5.41, 5.74) is 0. The Morgan fingerprint density at radius 1 is 1.23 bits per heavy atom. The van der Waals surface area contributed by atoms with Crippen LogP contribution < -0.4 is 4.74 Å². The Bertz CT molecular complexity index is 318. The van der Waals surface area contributed by atoms with Crippen molar-refractivity contribution in [2.75, 3.05) is 0 Å². The molecule has 1 rings (SSSR count). The third-order valence-electron chi connectivity index (χ3n) is 1.22. The number of phenolic OH excluding ortho intramolecular Hbond substituents is 1. The molecule has 0 amide bonds. The van der Waals surface area contributed by atoms with Gasteiger partial charge in [-0.05, 0) is 0 Å². The van der Waals surface area contributed by atoms with Crippen molar-refractivity contribution in [1.82, 2.24) is 0 Å². The third kappa shape index (κ3) is 2.60. The highest BCUT2D eigenvalue weighted by molar-refractivity contribution is 6.35. The number of aromatic hydroxyl groups is 1. The molecule has 0 fully saturated rings. The second-order valence-corrected chi connectivity index (χ2v) is 2.93. The van der Waals surface area contributed by atoms with Crippen LogP contribution in [0.3, 0.4) is 0 Å². The monoisotopic (exact) mass is 228 g/mol. The Morgan fingerprint density at radius 3 is 2.38 bits per heavy atom.